The molecule has 0 aromatic rings. The summed E-state index contributed by atoms with van der Waals surface area (Å²) in [4.78, 5) is 22.6. The molecule has 0 aromatic heterocycles. The normalized spacial score (nSPS) is 17.6. The van der Waals surface area contributed by atoms with Gasteiger partial charge in [-0.25, -0.2) is 0 Å². The highest BCUT2D eigenvalue weighted by Crippen LogP contribution is 2.71. The van der Waals surface area contributed by atoms with Gasteiger partial charge in [0.15, 0.2) is 12.1 Å². The van der Waals surface area contributed by atoms with E-state index in [1.165, 1.54) is 0 Å². The van der Waals surface area contributed by atoms with Crippen molar-refractivity contribution in [3.8, 4) is 0 Å². The van der Waals surface area contributed by atoms with E-state index in [-0.39, 0.29) is 6.92 Å². The molecule has 0 aliphatic rings. The van der Waals surface area contributed by atoms with Gasteiger partial charge in [-0.05, 0) is 0 Å². The van der Waals surface area contributed by atoms with Gasteiger partial charge in [-0.2, -0.15) is 162 Å². The number of alkyl halides is 37. The Morgan fingerprint density at radius 1 is 0.397 bits per heavy atom. The first-order valence-corrected chi connectivity index (χ1v) is 17.0. The van der Waals surface area contributed by atoms with Crippen molar-refractivity contribution in [2.24, 2.45) is 5.92 Å². The van der Waals surface area contributed by atoms with Gasteiger partial charge < -0.3 is 29.3 Å². The third-order valence-corrected chi connectivity index (χ3v) is 10.1. The minimum absolute atomic E-state index is 0.0327. The fraction of sp³-hybridized carbons (Fsp3) is 0.931. The second-order valence-corrected chi connectivity index (χ2v) is 15.2. The number of hydrogen-bond donors (Lipinski definition) is 2. The number of likely N-dealkylation sites (N-methyl/N-ethyl adjacent to an activating group) is 1. The number of quaternary nitrogens is 1. The Kier molecular flexibility index (Phi) is 17.5. The van der Waals surface area contributed by atoms with Gasteiger partial charge in [-0.3, -0.25) is 4.79 Å². The molecular formula is C29H20F37NO6. The van der Waals surface area contributed by atoms with Gasteiger partial charge in [0.25, 0.3) is 0 Å². The fourth-order valence-corrected chi connectivity index (χ4v) is 5.60. The summed E-state index contributed by atoms with van der Waals surface area (Å²) >= 11 is 0. The van der Waals surface area contributed by atoms with Crippen LogP contribution in [0.15, 0.2) is 0 Å². The third kappa shape index (κ3) is 9.01. The largest absolute Gasteiger partial charge is 0.544 e. The first-order chi connectivity index (χ1) is 31.1. The van der Waals surface area contributed by atoms with E-state index in [1.54, 1.807) is 0 Å². The molecule has 0 heterocycles. The van der Waals surface area contributed by atoms with E-state index < -0.39 is 161 Å². The van der Waals surface area contributed by atoms with E-state index in [4.69, 9.17) is 0 Å². The quantitative estimate of drug-likeness (QED) is 0.0537. The number of carbonyl (C=O) groups is 2. The van der Waals surface area contributed by atoms with Gasteiger partial charge in [0.1, 0.15) is 6.54 Å². The van der Waals surface area contributed by atoms with E-state index in [2.05, 4.69) is 4.74 Å². The Morgan fingerprint density at radius 3 is 0.767 bits per heavy atom. The summed E-state index contributed by atoms with van der Waals surface area (Å²) in [5.74, 6) is -178. The number of halogens is 37. The minimum atomic E-state index is -10.6. The van der Waals surface area contributed by atoms with Crippen LogP contribution in [-0.4, -0.2) is 179 Å². The SMILES string of the molecule is CC(=O)OC(C(CO)C(F)(F)C(F)(F)C(F)(F)C(F)(F)C(F)(F)C(F)(F)C(F)(F)C(F)(F)C(F)(F)C(F)(F)C(F)(F)C(F)(F)C(F)(F)C(F)(F)C(F)(F)C(F)(F)C(F)(F)C(F)(F)F)C(CO)[N+](C)(C)CC(=O)[O-]. The van der Waals surface area contributed by atoms with Gasteiger partial charge in [-0.15, -0.1) is 0 Å². The Balaban J connectivity index is 8.13. The monoisotopic (exact) mass is 1180 g/mol. The van der Waals surface area contributed by atoms with Crippen LogP contribution in [0.25, 0.3) is 0 Å². The summed E-state index contributed by atoms with van der Waals surface area (Å²) < 4.78 is 522. The summed E-state index contributed by atoms with van der Waals surface area (Å²) in [6.07, 6.45) is -12.4. The molecule has 0 spiro atoms. The lowest BCUT2D eigenvalue weighted by Crippen LogP contribution is -2.80. The number of aliphatic carboxylic acids is 1. The maximum absolute atomic E-state index is 15.3. The molecule has 0 aliphatic heterocycles. The number of nitrogens with zero attached hydrogens (tertiary/aromatic N) is 1. The lowest BCUT2D eigenvalue weighted by atomic mass is 9.80. The first-order valence-electron chi connectivity index (χ1n) is 17.0. The minimum Gasteiger partial charge on any atom is -0.544 e. The Labute approximate surface area is 375 Å². The number of ether oxygens (including phenoxy) is 1. The van der Waals surface area contributed by atoms with Gasteiger partial charge in [-0.1, -0.05) is 0 Å². The van der Waals surface area contributed by atoms with Crippen molar-refractivity contribution in [2.45, 2.75) is 126 Å². The van der Waals surface area contributed by atoms with Crippen molar-refractivity contribution < 1.29 is 197 Å². The van der Waals surface area contributed by atoms with Crippen LogP contribution in [0.1, 0.15) is 6.92 Å². The highest BCUT2D eigenvalue weighted by Gasteiger charge is 3.03. The van der Waals surface area contributed by atoms with E-state index in [1.807, 2.05) is 0 Å². The van der Waals surface area contributed by atoms with Crippen LogP contribution in [0, 0.1) is 5.92 Å². The van der Waals surface area contributed by atoms with Gasteiger partial charge in [0, 0.05) is 6.92 Å². The molecule has 0 bridgehead atoms. The van der Waals surface area contributed by atoms with Crippen LogP contribution in [0.4, 0.5) is 162 Å². The van der Waals surface area contributed by atoms with Crippen LogP contribution in [0.2, 0.25) is 0 Å². The standard InChI is InChI=1S/C29H20F37NO6/c1-7(70)73-11(9(6-69)67(2,3)4-10(71)72)8(5-68)12(30,31)13(32,33)14(34,35)15(36,37)16(38,39)17(40,41)18(42,43)19(44,45)20(46,47)21(48,49)22(50,51)23(52,53)24(54,55)25(56,57)26(58,59)27(60,61)28(62,63)29(64,65)66/h8-9,11,68-69H,4-6H2,1-3H3. The second kappa shape index (κ2) is 18.5. The van der Waals surface area contributed by atoms with Crippen molar-refractivity contribution in [1.82, 2.24) is 0 Å². The molecule has 436 valence electrons. The van der Waals surface area contributed by atoms with Crippen LogP contribution in [0.3, 0.4) is 0 Å². The van der Waals surface area contributed by atoms with Crippen LogP contribution in [0.5, 0.6) is 0 Å². The summed E-state index contributed by atoms with van der Waals surface area (Å²) in [5, 5.41) is 30.0. The lowest BCUT2D eigenvalue weighted by molar-refractivity contribution is -0.914. The predicted molar refractivity (Wildman–Crippen MR) is 149 cm³/mol. The molecule has 0 amide bonds. The Bertz CT molecular complexity index is 1990. The van der Waals surface area contributed by atoms with E-state index >= 15 is 8.78 Å². The van der Waals surface area contributed by atoms with Crippen molar-refractivity contribution in [3.63, 3.8) is 0 Å². The summed E-state index contributed by atoms with van der Waals surface area (Å²) in [6.45, 7) is -7.11. The lowest BCUT2D eigenvalue weighted by Gasteiger charge is -2.48. The van der Waals surface area contributed by atoms with Crippen molar-refractivity contribution >= 4 is 11.9 Å². The number of carboxylic acids is 1. The number of hydrogen-bond acceptors (Lipinski definition) is 6. The molecule has 0 aromatic carbocycles. The molecule has 0 radical (unpaired) electrons. The molecular weight excluding hydrogens is 1160 g/mol. The number of esters is 1. The Morgan fingerprint density at radius 2 is 0.603 bits per heavy atom. The van der Waals surface area contributed by atoms with Gasteiger partial charge in [0.05, 0.1) is 39.2 Å². The first kappa shape index (κ1) is 69.2. The molecule has 0 rings (SSSR count). The zero-order valence-corrected chi connectivity index (χ0v) is 33.8. The Hall–Kier alpha value is -3.77. The molecule has 7 nitrogen and oxygen atoms in total. The van der Waals surface area contributed by atoms with E-state index in [0.717, 1.165) is 0 Å². The highest BCUT2D eigenvalue weighted by molar-refractivity contribution is 5.66. The van der Waals surface area contributed by atoms with E-state index in [0.29, 0.717) is 14.1 Å². The zero-order valence-electron chi connectivity index (χ0n) is 33.8. The van der Waals surface area contributed by atoms with Crippen molar-refractivity contribution in [2.75, 3.05) is 33.9 Å². The van der Waals surface area contributed by atoms with Gasteiger partial charge >= 0.3 is 113 Å². The highest BCUT2D eigenvalue weighted by atomic mass is 19.4. The van der Waals surface area contributed by atoms with Crippen LogP contribution >= 0.6 is 0 Å². The van der Waals surface area contributed by atoms with E-state index in [9.17, 15) is 179 Å². The molecule has 73 heavy (non-hydrogen) atoms. The van der Waals surface area contributed by atoms with Crippen LogP contribution in [-0.2, 0) is 14.3 Å². The topological polar surface area (TPSA) is 107 Å². The molecule has 0 saturated heterocycles. The van der Waals surface area contributed by atoms with Crippen molar-refractivity contribution in [1.29, 1.82) is 0 Å². The number of carboxylic acid groups (broad SMARTS) is 1. The fourth-order valence-electron chi connectivity index (χ4n) is 5.60. The number of aliphatic hydroxyl groups excluding tert-OH is 2. The number of carbonyl (C=O) groups excluding carboxylic acids is 2. The molecule has 2 N–H and O–H groups in total. The number of rotatable bonds is 25. The third-order valence-electron chi connectivity index (χ3n) is 10.1. The second-order valence-electron chi connectivity index (χ2n) is 15.2. The summed E-state index contributed by atoms with van der Waals surface area (Å²) in [5.41, 5.74) is 0. The molecule has 0 aliphatic carbocycles. The van der Waals surface area contributed by atoms with Crippen LogP contribution < -0.4 is 5.11 Å². The number of aliphatic hydroxyl groups is 2. The summed E-state index contributed by atoms with van der Waals surface area (Å²) in [7, 11) is 0.671. The maximum Gasteiger partial charge on any atom is 0.460 e. The molecule has 0 fully saturated rings. The predicted octanol–water partition coefficient (Wildman–Crippen LogP) is 9.08. The summed E-state index contributed by atoms with van der Waals surface area (Å²) in [6, 6.07) is -2.97. The average Bonchev–Trinajstić information content (AvgIpc) is 3.15. The molecule has 44 heteroatoms. The average molecular weight is 1180 g/mol. The van der Waals surface area contributed by atoms with Gasteiger partial charge in [0.2, 0.25) is 0 Å². The maximum atomic E-state index is 15.3. The van der Waals surface area contributed by atoms with Crippen molar-refractivity contribution in [3.05, 3.63) is 0 Å². The molecule has 0 saturated carbocycles. The smallest absolute Gasteiger partial charge is 0.460 e. The molecule has 3 unspecified atom stereocenters. The molecule has 3 atom stereocenters. The zero-order chi connectivity index (χ0) is 60.2.